The predicted molar refractivity (Wildman–Crippen MR) is 224 cm³/mol. The molecule has 0 bridgehead atoms. The van der Waals surface area contributed by atoms with Gasteiger partial charge in [-0.1, -0.05) is 115 Å². The van der Waals surface area contributed by atoms with Crippen molar-refractivity contribution in [2.75, 3.05) is 5.73 Å². The lowest BCUT2D eigenvalue weighted by Crippen LogP contribution is -2.00. The largest absolute Gasteiger partial charge is 0.398 e. The van der Waals surface area contributed by atoms with Gasteiger partial charge >= 0.3 is 0 Å². The Kier molecular flexibility index (Phi) is 6.88. The number of benzene rings is 8. The van der Waals surface area contributed by atoms with E-state index in [0.29, 0.717) is 11.4 Å². The summed E-state index contributed by atoms with van der Waals surface area (Å²) >= 11 is 1.87. The number of aromatic nitrogens is 1. The molecular weight excluding hydrogens is 651 g/mol. The second-order valence-corrected chi connectivity index (χ2v) is 14.7. The minimum atomic E-state index is 0.540. The summed E-state index contributed by atoms with van der Waals surface area (Å²) in [5.41, 5.74) is 18.6. The van der Waals surface area contributed by atoms with Gasteiger partial charge in [-0.3, -0.25) is 5.41 Å². The summed E-state index contributed by atoms with van der Waals surface area (Å²) in [7, 11) is 0. The molecule has 0 aliphatic heterocycles. The third kappa shape index (κ3) is 4.76. The zero-order valence-electron chi connectivity index (χ0n) is 28.5. The number of para-hydroxylation sites is 1. The standard InChI is InChI=1S/C35H23NS.C13H10N2/c1-22-10-11-24-19-27(15-12-23(24)18-22)36-32-8-4-2-6-28(32)30-20-25(13-16-33(30)36)26-14-17-35-31(21-26)29-7-3-5-9-34(29)37-35;14-11-7-3-6-9-8-4-1-2-5-10(8)13(15)12(9)11/h2-21H,1H3;1-7,15H,14H2. The maximum Gasteiger partial charge on any atom is 0.0717 e. The van der Waals surface area contributed by atoms with Crippen molar-refractivity contribution in [3.63, 3.8) is 0 Å². The first-order chi connectivity index (χ1) is 25.5. The van der Waals surface area contributed by atoms with E-state index < -0.39 is 0 Å². The molecule has 1 aliphatic carbocycles. The molecule has 11 rings (SSSR count). The van der Waals surface area contributed by atoms with Crippen LogP contribution >= 0.6 is 11.3 Å². The molecule has 0 spiro atoms. The number of nitrogens with one attached hydrogen (secondary N) is 1. The van der Waals surface area contributed by atoms with Crippen molar-refractivity contribution in [3.05, 3.63) is 180 Å². The highest BCUT2D eigenvalue weighted by Crippen LogP contribution is 2.40. The maximum atomic E-state index is 8.07. The van der Waals surface area contributed by atoms with Crippen molar-refractivity contribution in [2.45, 2.75) is 6.92 Å². The predicted octanol–water partition coefficient (Wildman–Crippen LogP) is 12.9. The van der Waals surface area contributed by atoms with Crippen molar-refractivity contribution in [2.24, 2.45) is 0 Å². The Morgan fingerprint density at radius 1 is 0.500 bits per heavy atom. The molecule has 0 amide bonds. The molecule has 3 nitrogen and oxygen atoms in total. The van der Waals surface area contributed by atoms with Crippen molar-refractivity contribution >= 4 is 75.5 Å². The molecule has 2 aromatic heterocycles. The van der Waals surface area contributed by atoms with Crippen LogP contribution < -0.4 is 5.73 Å². The third-order valence-corrected chi connectivity index (χ3v) is 11.6. The number of rotatable bonds is 2. The fourth-order valence-electron chi connectivity index (χ4n) is 7.97. The topological polar surface area (TPSA) is 54.8 Å². The molecular formula is C48H33N3S. The average molecular weight is 684 g/mol. The molecule has 0 fully saturated rings. The Morgan fingerprint density at radius 3 is 2.04 bits per heavy atom. The number of nitrogens with zero attached hydrogens (tertiary/aromatic N) is 1. The number of hydrogen-bond donors (Lipinski definition) is 2. The first-order valence-corrected chi connectivity index (χ1v) is 18.4. The van der Waals surface area contributed by atoms with E-state index in [9.17, 15) is 0 Å². The van der Waals surface area contributed by atoms with Crippen LogP contribution in [0.25, 0.3) is 80.7 Å². The Hall–Kier alpha value is -6.49. The monoisotopic (exact) mass is 683 g/mol. The van der Waals surface area contributed by atoms with E-state index in [1.165, 1.54) is 75.1 Å². The minimum absolute atomic E-state index is 0.540. The van der Waals surface area contributed by atoms with Crippen molar-refractivity contribution in [1.82, 2.24) is 4.57 Å². The van der Waals surface area contributed by atoms with E-state index >= 15 is 0 Å². The van der Waals surface area contributed by atoms with Gasteiger partial charge in [-0.2, -0.15) is 0 Å². The van der Waals surface area contributed by atoms with E-state index in [0.717, 1.165) is 22.3 Å². The molecule has 3 N–H and O–H groups in total. The van der Waals surface area contributed by atoms with Crippen molar-refractivity contribution < 1.29 is 0 Å². The van der Waals surface area contributed by atoms with Gasteiger partial charge < -0.3 is 10.3 Å². The zero-order chi connectivity index (χ0) is 34.9. The number of hydrogen-bond acceptors (Lipinski definition) is 3. The van der Waals surface area contributed by atoms with Gasteiger partial charge in [0.15, 0.2) is 0 Å². The summed E-state index contributed by atoms with van der Waals surface area (Å²) in [5, 5.41) is 15.9. The number of aryl methyl sites for hydroxylation is 1. The number of nitrogens with two attached hydrogens (primary N) is 1. The molecule has 0 saturated heterocycles. The van der Waals surface area contributed by atoms with Crippen LogP contribution in [0, 0.1) is 12.3 Å². The van der Waals surface area contributed by atoms with Gasteiger partial charge in [0.25, 0.3) is 0 Å². The van der Waals surface area contributed by atoms with Crippen LogP contribution in [-0.2, 0) is 0 Å². The van der Waals surface area contributed by atoms with Gasteiger partial charge in [-0.15, -0.1) is 11.3 Å². The number of fused-ring (bicyclic) bond motifs is 10. The highest BCUT2D eigenvalue weighted by molar-refractivity contribution is 7.25. The van der Waals surface area contributed by atoms with Crippen LogP contribution in [0.15, 0.2) is 164 Å². The van der Waals surface area contributed by atoms with Crippen LogP contribution in [0.4, 0.5) is 5.69 Å². The molecule has 2 heterocycles. The van der Waals surface area contributed by atoms with Crippen LogP contribution in [-0.4, -0.2) is 10.3 Å². The molecule has 4 heteroatoms. The molecule has 0 atom stereocenters. The third-order valence-electron chi connectivity index (χ3n) is 10.5. The quantitative estimate of drug-likeness (QED) is 0.175. The maximum absolute atomic E-state index is 8.07. The Labute approximate surface area is 305 Å². The Bertz CT molecular complexity index is 3070. The number of thiophene rings is 1. The molecule has 8 aromatic carbocycles. The first kappa shape index (κ1) is 30.3. The molecule has 10 aromatic rings. The van der Waals surface area contributed by atoms with Crippen molar-refractivity contribution in [3.8, 4) is 27.9 Å². The second-order valence-electron chi connectivity index (χ2n) is 13.6. The average Bonchev–Trinajstić information content (AvgIpc) is 3.82. The highest BCUT2D eigenvalue weighted by atomic mass is 32.1. The summed E-state index contributed by atoms with van der Waals surface area (Å²) in [6.07, 6.45) is 0. The van der Waals surface area contributed by atoms with E-state index in [-0.39, 0.29) is 0 Å². The fourth-order valence-corrected chi connectivity index (χ4v) is 9.06. The smallest absolute Gasteiger partial charge is 0.0717 e. The normalized spacial score (nSPS) is 12.1. The minimum Gasteiger partial charge on any atom is -0.398 e. The molecule has 246 valence electrons. The van der Waals surface area contributed by atoms with Gasteiger partial charge in [0.05, 0.1) is 16.7 Å². The summed E-state index contributed by atoms with van der Waals surface area (Å²) in [5.74, 6) is 0. The van der Waals surface area contributed by atoms with Crippen LogP contribution in [0.5, 0.6) is 0 Å². The first-order valence-electron chi connectivity index (χ1n) is 17.5. The molecule has 0 saturated carbocycles. The molecule has 1 aliphatic rings. The summed E-state index contributed by atoms with van der Waals surface area (Å²) in [6.45, 7) is 2.15. The lowest BCUT2D eigenvalue weighted by molar-refractivity contribution is 1.19. The van der Waals surface area contributed by atoms with Crippen molar-refractivity contribution in [1.29, 1.82) is 5.41 Å². The molecule has 0 unspecified atom stereocenters. The SMILES string of the molecule is Cc1ccc2cc(-n3c4ccccc4c4cc(-c5ccc6sc7ccccc7c6c5)ccc43)ccc2c1.N=C1c2ccccc2-c2cccc(N)c21. The van der Waals surface area contributed by atoms with Gasteiger partial charge in [0.2, 0.25) is 0 Å². The van der Waals surface area contributed by atoms with Crippen LogP contribution in [0.3, 0.4) is 0 Å². The van der Waals surface area contributed by atoms with E-state index in [1.54, 1.807) is 0 Å². The fraction of sp³-hybridized carbons (Fsp3) is 0.0208. The summed E-state index contributed by atoms with van der Waals surface area (Å²) in [4.78, 5) is 0. The van der Waals surface area contributed by atoms with Gasteiger partial charge in [-0.25, -0.2) is 0 Å². The Morgan fingerprint density at radius 2 is 1.15 bits per heavy atom. The van der Waals surface area contributed by atoms with E-state index in [2.05, 4.69) is 133 Å². The Balaban J connectivity index is 0.000000188. The zero-order valence-corrected chi connectivity index (χ0v) is 29.3. The number of anilines is 1. The summed E-state index contributed by atoms with van der Waals surface area (Å²) in [6, 6.07) is 58.5. The highest BCUT2D eigenvalue weighted by Gasteiger charge is 2.24. The van der Waals surface area contributed by atoms with Crippen LogP contribution in [0.1, 0.15) is 16.7 Å². The second kappa shape index (κ2) is 11.8. The van der Waals surface area contributed by atoms with E-state index in [4.69, 9.17) is 11.1 Å². The van der Waals surface area contributed by atoms with Gasteiger partial charge in [0, 0.05) is 53.4 Å². The lowest BCUT2D eigenvalue weighted by Gasteiger charge is -2.10. The molecule has 52 heavy (non-hydrogen) atoms. The van der Waals surface area contributed by atoms with Gasteiger partial charge in [-0.05, 0) is 94.5 Å². The summed E-state index contributed by atoms with van der Waals surface area (Å²) < 4.78 is 5.09. The lowest BCUT2D eigenvalue weighted by atomic mass is 10.0. The van der Waals surface area contributed by atoms with Crippen LogP contribution in [0.2, 0.25) is 0 Å². The number of nitrogen functional groups attached to an aromatic ring is 1. The molecule has 0 radical (unpaired) electrons. The van der Waals surface area contributed by atoms with Gasteiger partial charge in [0.1, 0.15) is 0 Å². The van der Waals surface area contributed by atoms with E-state index in [1.807, 2.05) is 53.8 Å².